The first kappa shape index (κ1) is 10.4. The van der Waals surface area contributed by atoms with Gasteiger partial charge >= 0.3 is 0 Å². The molecular weight excluding hydrogens is 182 g/mol. The molecule has 7 heteroatoms. The predicted molar refractivity (Wildman–Crippen MR) is 39.2 cm³/mol. The van der Waals surface area contributed by atoms with E-state index in [1.165, 1.54) is 0 Å². The molecule has 0 aliphatic carbocycles. The van der Waals surface area contributed by atoms with Crippen LogP contribution in [0, 0.1) is 0 Å². The van der Waals surface area contributed by atoms with Gasteiger partial charge < -0.3 is 30.4 Å². The molecule has 1 unspecified atom stereocenters. The normalized spacial score (nSPS) is 43.8. The summed E-state index contributed by atoms with van der Waals surface area (Å²) in [6, 6.07) is 0. The molecule has 5 N–H and O–H groups in total. The average molecular weight is 193 g/mol. The smallest absolute Gasteiger partial charge is 0.201 e. The largest absolute Gasteiger partial charge is 0.411 e. The first-order valence-corrected chi connectivity index (χ1v) is 3.64. The lowest BCUT2D eigenvalue weighted by Gasteiger charge is -2.34. The van der Waals surface area contributed by atoms with E-state index < -0.39 is 36.9 Å². The second kappa shape index (κ2) is 3.99. The number of ether oxygens (including phenoxy) is 1. The summed E-state index contributed by atoms with van der Waals surface area (Å²) in [7, 11) is 0. The lowest BCUT2D eigenvalue weighted by molar-refractivity contribution is -0.182. The van der Waals surface area contributed by atoms with Crippen molar-refractivity contribution in [3.8, 4) is 0 Å². The van der Waals surface area contributed by atoms with Crippen LogP contribution in [0.3, 0.4) is 0 Å². The molecule has 0 aromatic carbocycles. The van der Waals surface area contributed by atoms with Crippen LogP contribution in [0.15, 0.2) is 5.16 Å². The van der Waals surface area contributed by atoms with Gasteiger partial charge in [0.25, 0.3) is 0 Å². The maximum atomic E-state index is 9.22. The second-order valence-electron chi connectivity index (χ2n) is 2.67. The Kier molecular flexibility index (Phi) is 3.17. The van der Waals surface area contributed by atoms with Crippen LogP contribution in [0.4, 0.5) is 0 Å². The summed E-state index contributed by atoms with van der Waals surface area (Å²) < 4.78 is 4.63. The van der Waals surface area contributed by atoms with Gasteiger partial charge in [-0.1, -0.05) is 5.16 Å². The molecule has 1 aliphatic heterocycles. The maximum Gasteiger partial charge on any atom is 0.201 e. The van der Waals surface area contributed by atoms with E-state index in [1.54, 1.807) is 0 Å². The number of rotatable bonds is 1. The molecule has 1 rings (SSSR count). The average Bonchev–Trinajstić information content (AvgIpc) is 2.12. The van der Waals surface area contributed by atoms with Gasteiger partial charge in [-0.25, -0.2) is 0 Å². The van der Waals surface area contributed by atoms with Gasteiger partial charge in [-0.05, 0) is 0 Å². The lowest BCUT2D eigenvalue weighted by atomic mass is 10.0. The van der Waals surface area contributed by atoms with Gasteiger partial charge in [-0.15, -0.1) is 0 Å². The molecule has 1 aliphatic rings. The van der Waals surface area contributed by atoms with E-state index in [-0.39, 0.29) is 0 Å². The highest BCUT2D eigenvalue weighted by atomic mass is 16.6. The third kappa shape index (κ3) is 1.79. The summed E-state index contributed by atoms with van der Waals surface area (Å²) in [4.78, 5) is 0. The van der Waals surface area contributed by atoms with Gasteiger partial charge in [-0.3, -0.25) is 0 Å². The summed E-state index contributed by atoms with van der Waals surface area (Å²) in [5.74, 6) is 0. The molecule has 1 saturated heterocycles. The van der Waals surface area contributed by atoms with Crippen LogP contribution in [0.25, 0.3) is 0 Å². The fourth-order valence-corrected chi connectivity index (χ4v) is 1.10. The molecule has 4 atom stereocenters. The van der Waals surface area contributed by atoms with Crippen molar-refractivity contribution in [2.45, 2.75) is 24.6 Å². The minimum Gasteiger partial charge on any atom is -0.411 e. The van der Waals surface area contributed by atoms with E-state index in [9.17, 15) is 10.2 Å². The Bertz CT molecular complexity index is 207. The molecule has 13 heavy (non-hydrogen) atoms. The zero-order valence-electron chi connectivity index (χ0n) is 6.61. The zero-order valence-corrected chi connectivity index (χ0v) is 6.61. The topological polar surface area (TPSA) is 123 Å². The van der Waals surface area contributed by atoms with E-state index >= 15 is 0 Å². The number of hydrogen-bond donors (Lipinski definition) is 5. The van der Waals surface area contributed by atoms with Crippen molar-refractivity contribution < 1.29 is 30.4 Å². The molecule has 1 fully saturated rings. The SMILES string of the molecule is OC[C@H]1OC(O)/C(=N\O)[C@@H](O)[C@@H]1O. The Morgan fingerprint density at radius 2 is 1.92 bits per heavy atom. The minimum atomic E-state index is -1.61. The van der Waals surface area contributed by atoms with E-state index in [0.29, 0.717) is 0 Å². The van der Waals surface area contributed by atoms with Crippen LogP contribution in [0.2, 0.25) is 0 Å². The number of hydrogen-bond acceptors (Lipinski definition) is 7. The van der Waals surface area contributed by atoms with Gasteiger partial charge in [0.1, 0.15) is 24.0 Å². The summed E-state index contributed by atoms with van der Waals surface area (Å²) in [5, 5.41) is 47.0. The van der Waals surface area contributed by atoms with Crippen LogP contribution in [-0.4, -0.2) is 62.6 Å². The standard InChI is InChI=1S/C6H11NO6/c8-1-2-4(9)5(10)3(7-12)6(11)13-2/h2,4-6,8-12H,1H2/b7-3-/t2-,4-,5-,6?/m1/s1. The third-order valence-corrected chi connectivity index (χ3v) is 1.86. The third-order valence-electron chi connectivity index (χ3n) is 1.86. The van der Waals surface area contributed by atoms with E-state index in [1.807, 2.05) is 0 Å². The number of nitrogens with zero attached hydrogens (tertiary/aromatic N) is 1. The van der Waals surface area contributed by atoms with Crippen LogP contribution < -0.4 is 0 Å². The molecular formula is C6H11NO6. The van der Waals surface area contributed by atoms with Gasteiger partial charge in [0.2, 0.25) is 6.29 Å². The van der Waals surface area contributed by atoms with Crippen LogP contribution >= 0.6 is 0 Å². The van der Waals surface area contributed by atoms with Crippen LogP contribution in [0.5, 0.6) is 0 Å². The highest BCUT2D eigenvalue weighted by Crippen LogP contribution is 2.16. The fraction of sp³-hybridized carbons (Fsp3) is 0.833. The zero-order chi connectivity index (χ0) is 10.0. The monoisotopic (exact) mass is 193 g/mol. The van der Waals surface area contributed by atoms with Crippen molar-refractivity contribution in [3.05, 3.63) is 0 Å². The Morgan fingerprint density at radius 3 is 2.38 bits per heavy atom. The van der Waals surface area contributed by atoms with Gasteiger partial charge in [0, 0.05) is 0 Å². The van der Waals surface area contributed by atoms with Crippen molar-refractivity contribution in [2.75, 3.05) is 6.61 Å². The first-order chi connectivity index (χ1) is 6.11. The van der Waals surface area contributed by atoms with Gasteiger partial charge in [0.05, 0.1) is 6.61 Å². The van der Waals surface area contributed by atoms with E-state index in [4.69, 9.17) is 15.4 Å². The highest BCUT2D eigenvalue weighted by molar-refractivity contribution is 5.92. The Labute approximate surface area is 73.5 Å². The van der Waals surface area contributed by atoms with Crippen molar-refractivity contribution in [3.63, 3.8) is 0 Å². The highest BCUT2D eigenvalue weighted by Gasteiger charge is 2.41. The molecule has 0 spiro atoms. The van der Waals surface area contributed by atoms with Crippen molar-refractivity contribution in [2.24, 2.45) is 5.16 Å². The number of oxime groups is 1. The summed E-state index contributed by atoms with van der Waals surface area (Å²) in [6.07, 6.45) is -5.65. The molecule has 0 aromatic heterocycles. The van der Waals surface area contributed by atoms with Crippen molar-refractivity contribution in [1.29, 1.82) is 0 Å². The predicted octanol–water partition coefficient (Wildman–Crippen LogP) is -2.75. The van der Waals surface area contributed by atoms with E-state index in [0.717, 1.165) is 0 Å². The van der Waals surface area contributed by atoms with Gasteiger partial charge in [-0.2, -0.15) is 0 Å². The van der Waals surface area contributed by atoms with E-state index in [2.05, 4.69) is 9.89 Å². The number of aliphatic hydroxyl groups excluding tert-OH is 4. The quantitative estimate of drug-likeness (QED) is 0.227. The van der Waals surface area contributed by atoms with Crippen molar-refractivity contribution >= 4 is 5.71 Å². The summed E-state index contributed by atoms with van der Waals surface area (Å²) in [6.45, 7) is -0.548. The second-order valence-corrected chi connectivity index (χ2v) is 2.67. The lowest BCUT2D eigenvalue weighted by Crippen LogP contribution is -2.56. The fourth-order valence-electron chi connectivity index (χ4n) is 1.10. The van der Waals surface area contributed by atoms with Crippen LogP contribution in [-0.2, 0) is 4.74 Å². The molecule has 76 valence electrons. The Balaban J connectivity index is 2.79. The maximum absolute atomic E-state index is 9.22. The van der Waals surface area contributed by atoms with Gasteiger partial charge in [0.15, 0.2) is 0 Å². The minimum absolute atomic E-state index is 0.475. The Hall–Kier alpha value is -0.730. The molecule has 0 aromatic rings. The first-order valence-electron chi connectivity index (χ1n) is 3.64. The molecule has 0 bridgehead atoms. The summed E-state index contributed by atoms with van der Waals surface area (Å²) in [5.41, 5.74) is -0.475. The number of aliphatic hydroxyl groups is 4. The molecule has 0 amide bonds. The summed E-state index contributed by atoms with van der Waals surface area (Å²) >= 11 is 0. The van der Waals surface area contributed by atoms with Crippen molar-refractivity contribution in [1.82, 2.24) is 0 Å². The van der Waals surface area contributed by atoms with Crippen LogP contribution in [0.1, 0.15) is 0 Å². The Morgan fingerprint density at radius 1 is 1.31 bits per heavy atom. The molecule has 0 saturated carbocycles. The molecule has 1 heterocycles. The molecule has 7 nitrogen and oxygen atoms in total. The molecule has 0 radical (unpaired) electrons.